The summed E-state index contributed by atoms with van der Waals surface area (Å²) in [7, 11) is 0. The van der Waals surface area contributed by atoms with Crippen molar-refractivity contribution in [2.45, 2.75) is 38.1 Å². The van der Waals surface area contributed by atoms with Gasteiger partial charge in [0.05, 0.1) is 0 Å². The summed E-state index contributed by atoms with van der Waals surface area (Å²) < 4.78 is 0. The molecular weight excluding hydrogens is 379 g/mol. The third-order valence-corrected chi connectivity index (χ3v) is 5.23. The van der Waals surface area contributed by atoms with Crippen LogP contribution in [0.4, 0.5) is 5.13 Å². The third-order valence-electron chi connectivity index (χ3n) is 4.48. The molecule has 0 bridgehead atoms. The highest BCUT2D eigenvalue weighted by molar-refractivity contribution is 7.15. The van der Waals surface area contributed by atoms with Crippen molar-refractivity contribution in [3.05, 3.63) is 40.4 Å². The molecule has 0 aliphatic heterocycles. The lowest BCUT2D eigenvalue weighted by molar-refractivity contribution is 0.102. The van der Waals surface area contributed by atoms with Gasteiger partial charge in [0.2, 0.25) is 5.13 Å². The van der Waals surface area contributed by atoms with Gasteiger partial charge >= 0.3 is 0 Å². The number of hydrogen-bond donors (Lipinski definition) is 2. The lowest BCUT2D eigenvalue weighted by Gasteiger charge is -2.06. The van der Waals surface area contributed by atoms with Gasteiger partial charge in [-0.05, 0) is 56.3 Å². The van der Waals surface area contributed by atoms with E-state index in [4.69, 9.17) is 0 Å². The van der Waals surface area contributed by atoms with Crippen LogP contribution in [-0.4, -0.2) is 28.7 Å². The number of rotatable bonds is 6. The molecule has 1 aromatic heterocycles. The third kappa shape index (κ3) is 5.14. The molecule has 2 N–H and O–H groups in total. The quantitative estimate of drug-likeness (QED) is 0.773. The molecule has 25 heavy (non-hydrogen) atoms. The molecule has 2 fully saturated rings. The molecule has 136 valence electrons. The maximum Gasteiger partial charge on any atom is 0.257 e. The van der Waals surface area contributed by atoms with E-state index in [2.05, 4.69) is 26.9 Å². The van der Waals surface area contributed by atoms with Gasteiger partial charge < -0.3 is 5.32 Å². The number of aromatic nitrogens is 2. The van der Waals surface area contributed by atoms with Crippen molar-refractivity contribution in [1.29, 1.82) is 0 Å². The molecule has 2 aromatic rings. The number of amides is 1. The van der Waals surface area contributed by atoms with Gasteiger partial charge in [-0.3, -0.25) is 10.1 Å². The van der Waals surface area contributed by atoms with Gasteiger partial charge in [0, 0.05) is 17.5 Å². The summed E-state index contributed by atoms with van der Waals surface area (Å²) in [5.74, 6) is 1.33. The molecule has 5 nitrogen and oxygen atoms in total. The van der Waals surface area contributed by atoms with Crippen LogP contribution < -0.4 is 10.6 Å². The Morgan fingerprint density at radius 1 is 1.28 bits per heavy atom. The number of nitrogens with zero attached hydrogens (tertiary/aromatic N) is 2. The lowest BCUT2D eigenvalue weighted by atomic mass is 10.1. The van der Waals surface area contributed by atoms with E-state index in [1.807, 2.05) is 25.1 Å². The molecule has 0 saturated heterocycles. The van der Waals surface area contributed by atoms with Gasteiger partial charge in [0.25, 0.3) is 5.91 Å². The van der Waals surface area contributed by atoms with Gasteiger partial charge in [0.1, 0.15) is 5.01 Å². The van der Waals surface area contributed by atoms with Gasteiger partial charge in [-0.1, -0.05) is 23.5 Å². The number of aryl methyl sites for hydroxylation is 1. The summed E-state index contributed by atoms with van der Waals surface area (Å²) in [4.78, 5) is 12.3. The second kappa shape index (κ2) is 8.45. The summed E-state index contributed by atoms with van der Waals surface area (Å²) in [6.07, 6.45) is 3.93. The highest BCUT2D eigenvalue weighted by Crippen LogP contribution is 2.41. The van der Waals surface area contributed by atoms with E-state index in [1.54, 1.807) is 0 Å². The molecule has 8 heteroatoms. The summed E-state index contributed by atoms with van der Waals surface area (Å²) in [5, 5.41) is 15.7. The van der Waals surface area contributed by atoms with Crippen molar-refractivity contribution < 1.29 is 4.79 Å². The highest BCUT2D eigenvalue weighted by atomic mass is 35.5. The average molecular weight is 401 g/mol. The normalized spacial score (nSPS) is 21.0. The summed E-state index contributed by atoms with van der Waals surface area (Å²) >= 11 is 1.38. The Bertz CT molecular complexity index is 735. The molecule has 1 amide bonds. The Morgan fingerprint density at radius 2 is 2.08 bits per heavy atom. The van der Waals surface area contributed by atoms with Gasteiger partial charge in [0.15, 0.2) is 0 Å². The van der Waals surface area contributed by atoms with Crippen molar-refractivity contribution >= 4 is 47.2 Å². The van der Waals surface area contributed by atoms with E-state index in [0.717, 1.165) is 17.5 Å². The van der Waals surface area contributed by atoms with Crippen molar-refractivity contribution in [2.75, 3.05) is 11.9 Å². The first-order valence-corrected chi connectivity index (χ1v) is 8.95. The fourth-order valence-corrected chi connectivity index (χ4v) is 3.44. The number of anilines is 1. The van der Waals surface area contributed by atoms with Crippen LogP contribution in [0.5, 0.6) is 0 Å². The van der Waals surface area contributed by atoms with Crippen LogP contribution in [0.25, 0.3) is 0 Å². The van der Waals surface area contributed by atoms with E-state index in [9.17, 15) is 4.79 Å². The molecule has 2 aliphatic rings. The second-order valence-corrected chi connectivity index (χ2v) is 7.69. The van der Waals surface area contributed by atoms with Crippen molar-refractivity contribution in [3.63, 3.8) is 0 Å². The maximum absolute atomic E-state index is 12.3. The zero-order valence-corrected chi connectivity index (χ0v) is 16.3. The largest absolute Gasteiger partial charge is 0.313 e. The number of benzene rings is 1. The topological polar surface area (TPSA) is 66.9 Å². The fraction of sp³-hybridized carbons (Fsp3) is 0.471. The molecule has 1 heterocycles. The summed E-state index contributed by atoms with van der Waals surface area (Å²) in [6.45, 7) is 3.02. The fourth-order valence-electron chi connectivity index (χ4n) is 2.86. The van der Waals surface area contributed by atoms with Crippen LogP contribution >= 0.6 is 36.2 Å². The number of halogens is 2. The smallest absolute Gasteiger partial charge is 0.257 e. The highest BCUT2D eigenvalue weighted by Gasteiger charge is 2.39. The van der Waals surface area contributed by atoms with Crippen LogP contribution in [0, 0.1) is 12.8 Å². The predicted octanol–water partition coefficient (Wildman–Crippen LogP) is 3.80. The Balaban J connectivity index is 0.00000113. The Labute approximate surface area is 163 Å². The Kier molecular flexibility index (Phi) is 6.79. The van der Waals surface area contributed by atoms with Crippen LogP contribution in [0.15, 0.2) is 24.3 Å². The molecule has 2 atom stereocenters. The standard InChI is InChI=1S/C17H20N4OS.2ClH/c1-10-20-21-17(23-10)19-16(22)13-4-2-3-12(7-13)14-8-15(14)18-9-11-5-6-11;;/h2-4,7,11,14-15,18H,5-6,8-9H2,1H3,(H,19,21,22);2*1H. The number of hydrogen-bond acceptors (Lipinski definition) is 5. The first-order chi connectivity index (χ1) is 11.2. The van der Waals surface area contributed by atoms with Crippen LogP contribution in [-0.2, 0) is 0 Å². The minimum absolute atomic E-state index is 0. The molecule has 2 unspecified atom stereocenters. The number of carbonyl (C=O) groups is 1. The molecule has 0 radical (unpaired) electrons. The zero-order valence-electron chi connectivity index (χ0n) is 13.9. The second-order valence-electron chi connectivity index (χ2n) is 6.51. The first-order valence-electron chi connectivity index (χ1n) is 8.14. The Hall–Kier alpha value is -1.21. The van der Waals surface area contributed by atoms with E-state index in [1.165, 1.54) is 36.2 Å². The maximum atomic E-state index is 12.3. The minimum Gasteiger partial charge on any atom is -0.313 e. The SMILES string of the molecule is Cc1nnc(NC(=O)c2cccc(C3CC3NCC3CC3)c2)s1.Cl.Cl. The minimum atomic E-state index is -0.119. The van der Waals surface area contributed by atoms with E-state index >= 15 is 0 Å². The van der Waals surface area contributed by atoms with Crippen LogP contribution in [0.2, 0.25) is 0 Å². The monoisotopic (exact) mass is 400 g/mol. The van der Waals surface area contributed by atoms with Crippen molar-refractivity contribution in [1.82, 2.24) is 15.5 Å². The van der Waals surface area contributed by atoms with Crippen molar-refractivity contribution in [2.24, 2.45) is 5.92 Å². The van der Waals surface area contributed by atoms with E-state index in [-0.39, 0.29) is 30.7 Å². The molecule has 0 spiro atoms. The van der Waals surface area contributed by atoms with Gasteiger partial charge in [-0.25, -0.2) is 0 Å². The van der Waals surface area contributed by atoms with Crippen molar-refractivity contribution in [3.8, 4) is 0 Å². The lowest BCUT2D eigenvalue weighted by Crippen LogP contribution is -2.20. The van der Waals surface area contributed by atoms with E-state index in [0.29, 0.717) is 22.7 Å². The van der Waals surface area contributed by atoms with Crippen LogP contribution in [0.3, 0.4) is 0 Å². The molecular formula is C17H22Cl2N4OS. The average Bonchev–Trinajstić information content (AvgIpc) is 3.45. The van der Waals surface area contributed by atoms with Gasteiger partial charge in [-0.2, -0.15) is 0 Å². The molecule has 1 aromatic carbocycles. The number of carbonyl (C=O) groups excluding carboxylic acids is 1. The van der Waals surface area contributed by atoms with Crippen LogP contribution in [0.1, 0.15) is 46.1 Å². The van der Waals surface area contributed by atoms with Gasteiger partial charge in [-0.15, -0.1) is 35.0 Å². The number of nitrogens with one attached hydrogen (secondary N) is 2. The molecule has 4 rings (SSSR count). The summed E-state index contributed by atoms with van der Waals surface area (Å²) in [6, 6.07) is 8.52. The first kappa shape index (κ1) is 20.1. The zero-order chi connectivity index (χ0) is 15.8. The predicted molar refractivity (Wildman–Crippen MR) is 105 cm³/mol. The molecule has 2 aliphatic carbocycles. The molecule has 2 saturated carbocycles. The summed E-state index contributed by atoms with van der Waals surface area (Å²) in [5.41, 5.74) is 1.93. The van der Waals surface area contributed by atoms with E-state index < -0.39 is 0 Å². The Morgan fingerprint density at radius 3 is 2.76 bits per heavy atom.